The van der Waals surface area contributed by atoms with Crippen molar-refractivity contribution in [3.63, 3.8) is 0 Å². The van der Waals surface area contributed by atoms with Gasteiger partial charge in [-0.3, -0.25) is 0 Å². The van der Waals surface area contributed by atoms with E-state index in [1.807, 2.05) is 6.92 Å². The number of rotatable bonds is 6. The largest absolute Gasteiger partial charge is 0.494 e. The summed E-state index contributed by atoms with van der Waals surface area (Å²) < 4.78 is 41.4. The molecular formula is C13H18F3NO. The minimum atomic E-state index is -4.10. The molecule has 102 valence electrons. The summed E-state index contributed by atoms with van der Waals surface area (Å²) in [6.45, 7) is 2.42. The molecule has 1 rings (SSSR count). The van der Waals surface area contributed by atoms with Gasteiger partial charge in [-0.2, -0.15) is 13.2 Å². The zero-order chi connectivity index (χ0) is 13.6. The van der Waals surface area contributed by atoms with Crippen LogP contribution in [0.3, 0.4) is 0 Å². The van der Waals surface area contributed by atoms with Crippen molar-refractivity contribution < 1.29 is 17.9 Å². The second kappa shape index (κ2) is 6.64. The van der Waals surface area contributed by atoms with E-state index in [0.717, 1.165) is 5.56 Å². The number of hydrogen-bond donors (Lipinski definition) is 1. The Morgan fingerprint density at radius 2 is 2.06 bits per heavy atom. The second-order valence-corrected chi connectivity index (χ2v) is 4.12. The van der Waals surface area contributed by atoms with Crippen LogP contribution in [0.2, 0.25) is 0 Å². The van der Waals surface area contributed by atoms with Gasteiger partial charge >= 0.3 is 6.18 Å². The lowest BCUT2D eigenvalue weighted by Gasteiger charge is -2.14. The summed E-state index contributed by atoms with van der Waals surface area (Å²) in [7, 11) is 0. The fraction of sp³-hybridized carbons (Fsp3) is 0.538. The summed E-state index contributed by atoms with van der Waals surface area (Å²) >= 11 is 0. The molecule has 0 radical (unpaired) electrons. The average Bonchev–Trinajstić information content (AvgIpc) is 2.28. The van der Waals surface area contributed by atoms with Gasteiger partial charge in [-0.05, 0) is 37.5 Å². The van der Waals surface area contributed by atoms with Crippen molar-refractivity contribution in [3.8, 4) is 5.75 Å². The van der Waals surface area contributed by atoms with Gasteiger partial charge < -0.3 is 10.5 Å². The molecule has 0 fully saturated rings. The molecule has 18 heavy (non-hydrogen) atoms. The standard InChI is InChI=1S/C13H18F3NO/c1-2-18-11-6-3-5-10(9-11)12(17)7-4-8-13(14,15)16/h3,5-6,9,12H,2,4,7-8,17H2,1H3. The molecular weight excluding hydrogens is 243 g/mol. The molecule has 1 atom stereocenters. The summed E-state index contributed by atoms with van der Waals surface area (Å²) in [6, 6.07) is 6.80. The summed E-state index contributed by atoms with van der Waals surface area (Å²) in [4.78, 5) is 0. The molecule has 1 aromatic rings. The van der Waals surface area contributed by atoms with Crippen molar-refractivity contribution in [3.05, 3.63) is 29.8 Å². The lowest BCUT2D eigenvalue weighted by molar-refractivity contribution is -0.135. The van der Waals surface area contributed by atoms with Crippen molar-refractivity contribution in [2.24, 2.45) is 5.73 Å². The van der Waals surface area contributed by atoms with E-state index < -0.39 is 12.6 Å². The number of halogens is 3. The Morgan fingerprint density at radius 3 is 2.67 bits per heavy atom. The molecule has 0 saturated heterocycles. The van der Waals surface area contributed by atoms with E-state index in [4.69, 9.17) is 10.5 Å². The number of nitrogens with two attached hydrogens (primary N) is 1. The Bertz CT molecular complexity index is 365. The van der Waals surface area contributed by atoms with Crippen LogP contribution in [-0.2, 0) is 0 Å². The van der Waals surface area contributed by atoms with Crippen molar-refractivity contribution in [2.45, 2.75) is 38.4 Å². The Morgan fingerprint density at radius 1 is 1.33 bits per heavy atom. The first kappa shape index (κ1) is 14.8. The topological polar surface area (TPSA) is 35.2 Å². The van der Waals surface area contributed by atoms with Crippen LogP contribution >= 0.6 is 0 Å². The maximum Gasteiger partial charge on any atom is 0.389 e. The van der Waals surface area contributed by atoms with Crippen LogP contribution in [0.15, 0.2) is 24.3 Å². The predicted octanol–water partition coefficient (Wildman–Crippen LogP) is 3.82. The van der Waals surface area contributed by atoms with Crippen LogP contribution in [0.25, 0.3) is 0 Å². The van der Waals surface area contributed by atoms with E-state index in [1.54, 1.807) is 24.3 Å². The minimum Gasteiger partial charge on any atom is -0.494 e. The molecule has 0 aliphatic rings. The Balaban J connectivity index is 2.50. The van der Waals surface area contributed by atoms with Gasteiger partial charge in [-0.25, -0.2) is 0 Å². The molecule has 0 aliphatic heterocycles. The Kier molecular flexibility index (Phi) is 5.47. The molecule has 0 spiro atoms. The molecule has 1 unspecified atom stereocenters. The van der Waals surface area contributed by atoms with Gasteiger partial charge in [0.1, 0.15) is 5.75 Å². The van der Waals surface area contributed by atoms with Crippen LogP contribution in [-0.4, -0.2) is 12.8 Å². The van der Waals surface area contributed by atoms with E-state index >= 15 is 0 Å². The normalized spacial score (nSPS) is 13.4. The van der Waals surface area contributed by atoms with E-state index in [2.05, 4.69) is 0 Å². The van der Waals surface area contributed by atoms with Crippen LogP contribution < -0.4 is 10.5 Å². The zero-order valence-electron chi connectivity index (χ0n) is 10.3. The highest BCUT2D eigenvalue weighted by Gasteiger charge is 2.26. The lowest BCUT2D eigenvalue weighted by atomic mass is 10.0. The maximum absolute atomic E-state index is 12.0. The molecule has 0 heterocycles. The summed E-state index contributed by atoms with van der Waals surface area (Å²) in [6.07, 6.45) is -4.53. The third kappa shape index (κ3) is 5.40. The van der Waals surface area contributed by atoms with Crippen LogP contribution in [0.5, 0.6) is 5.75 Å². The third-order valence-corrected chi connectivity index (χ3v) is 2.57. The van der Waals surface area contributed by atoms with Gasteiger partial charge in [0, 0.05) is 12.5 Å². The van der Waals surface area contributed by atoms with Gasteiger partial charge in [0.25, 0.3) is 0 Å². The number of ether oxygens (including phenoxy) is 1. The van der Waals surface area contributed by atoms with Crippen molar-refractivity contribution in [1.29, 1.82) is 0 Å². The maximum atomic E-state index is 12.0. The van der Waals surface area contributed by atoms with Crippen LogP contribution in [0.4, 0.5) is 13.2 Å². The van der Waals surface area contributed by atoms with Gasteiger partial charge in [0.15, 0.2) is 0 Å². The first-order valence-corrected chi connectivity index (χ1v) is 5.97. The smallest absolute Gasteiger partial charge is 0.389 e. The highest BCUT2D eigenvalue weighted by molar-refractivity contribution is 5.30. The van der Waals surface area contributed by atoms with E-state index in [-0.39, 0.29) is 12.5 Å². The Labute approximate surface area is 105 Å². The van der Waals surface area contributed by atoms with Crippen molar-refractivity contribution in [2.75, 3.05) is 6.61 Å². The highest BCUT2D eigenvalue weighted by Crippen LogP contribution is 2.26. The Hall–Kier alpha value is -1.23. The second-order valence-electron chi connectivity index (χ2n) is 4.12. The lowest BCUT2D eigenvalue weighted by Crippen LogP contribution is -2.13. The van der Waals surface area contributed by atoms with E-state index in [1.165, 1.54) is 0 Å². The monoisotopic (exact) mass is 261 g/mol. The van der Waals surface area contributed by atoms with Gasteiger partial charge in [-0.1, -0.05) is 12.1 Å². The fourth-order valence-electron chi connectivity index (χ4n) is 1.69. The minimum absolute atomic E-state index is 0.0452. The molecule has 0 saturated carbocycles. The van der Waals surface area contributed by atoms with Crippen LogP contribution in [0, 0.1) is 0 Å². The molecule has 5 heteroatoms. The van der Waals surface area contributed by atoms with Gasteiger partial charge in [0.2, 0.25) is 0 Å². The first-order valence-electron chi connectivity index (χ1n) is 5.97. The number of alkyl halides is 3. The van der Waals surface area contributed by atoms with Crippen LogP contribution in [0.1, 0.15) is 37.8 Å². The highest BCUT2D eigenvalue weighted by atomic mass is 19.4. The van der Waals surface area contributed by atoms with E-state index in [0.29, 0.717) is 18.8 Å². The predicted molar refractivity (Wildman–Crippen MR) is 64.4 cm³/mol. The summed E-state index contributed by atoms with van der Waals surface area (Å²) in [5.74, 6) is 0.696. The molecule has 0 aromatic heterocycles. The zero-order valence-corrected chi connectivity index (χ0v) is 10.3. The van der Waals surface area contributed by atoms with Crippen molar-refractivity contribution >= 4 is 0 Å². The quantitative estimate of drug-likeness (QED) is 0.845. The van der Waals surface area contributed by atoms with Crippen molar-refractivity contribution in [1.82, 2.24) is 0 Å². The average molecular weight is 261 g/mol. The third-order valence-electron chi connectivity index (χ3n) is 2.57. The summed E-state index contributed by atoms with van der Waals surface area (Å²) in [5, 5.41) is 0. The van der Waals surface area contributed by atoms with Gasteiger partial charge in [0.05, 0.1) is 6.61 Å². The number of benzene rings is 1. The molecule has 0 bridgehead atoms. The molecule has 2 N–H and O–H groups in total. The SMILES string of the molecule is CCOc1cccc(C(N)CCCC(F)(F)F)c1. The first-order chi connectivity index (χ1) is 8.42. The fourth-order valence-corrected chi connectivity index (χ4v) is 1.69. The van der Waals surface area contributed by atoms with Gasteiger partial charge in [-0.15, -0.1) is 0 Å². The molecule has 1 aromatic carbocycles. The molecule has 0 amide bonds. The van der Waals surface area contributed by atoms with E-state index in [9.17, 15) is 13.2 Å². The number of hydrogen-bond acceptors (Lipinski definition) is 2. The summed E-state index contributed by atoms with van der Waals surface area (Å²) in [5.41, 5.74) is 6.67. The molecule has 2 nitrogen and oxygen atoms in total. The molecule has 0 aliphatic carbocycles.